The molecule has 2 aromatic heterocycles. The van der Waals surface area contributed by atoms with Crippen LogP contribution in [0.25, 0.3) is 22.5 Å². The van der Waals surface area contributed by atoms with Gasteiger partial charge in [-0.3, -0.25) is 0 Å². The van der Waals surface area contributed by atoms with Crippen LogP contribution in [-0.2, 0) is 13.1 Å². The van der Waals surface area contributed by atoms with E-state index in [4.69, 9.17) is 0 Å². The van der Waals surface area contributed by atoms with Gasteiger partial charge in [0.15, 0.2) is 0 Å². The van der Waals surface area contributed by atoms with Crippen LogP contribution in [-0.4, -0.2) is 55.1 Å². The molecule has 8 nitrogen and oxygen atoms in total. The maximum absolute atomic E-state index is 4.43. The molecule has 0 radical (unpaired) electrons. The first-order chi connectivity index (χ1) is 27.7. The van der Waals surface area contributed by atoms with Gasteiger partial charge in [0.05, 0.1) is 36.9 Å². The maximum atomic E-state index is 4.43. The quantitative estimate of drug-likeness (QED) is 0.130. The number of hydrogen-bond donors (Lipinski definition) is 0. The molecule has 10 heteroatoms. The van der Waals surface area contributed by atoms with Gasteiger partial charge >= 0.3 is 0 Å². The minimum atomic E-state index is -0.565. The summed E-state index contributed by atoms with van der Waals surface area (Å²) in [5, 5.41) is 20.3. The molecule has 0 amide bonds. The van der Waals surface area contributed by atoms with Gasteiger partial charge in [0.1, 0.15) is 0 Å². The first-order valence-electron chi connectivity index (χ1n) is 18.9. The van der Waals surface area contributed by atoms with E-state index in [1.54, 1.807) is 0 Å². The summed E-state index contributed by atoms with van der Waals surface area (Å²) in [4.78, 5) is 5.31. The summed E-state index contributed by atoms with van der Waals surface area (Å²) in [7, 11) is -1.13. The molecular formula is C46H42N8P2. The Morgan fingerprint density at radius 3 is 1.09 bits per heavy atom. The SMILES string of the molecule is c1ccc(Cn2nncc2-c2ccc(N3CP(c4ccccc4)CN(c4ccc(-c5cnnn5Cc5ccccc5)cc4)CP(c4ccccc4)C3)cc2)cc1. The molecule has 0 bridgehead atoms. The van der Waals surface area contributed by atoms with Crippen LogP contribution >= 0.6 is 15.8 Å². The summed E-state index contributed by atoms with van der Waals surface area (Å²) in [6.07, 6.45) is 7.62. The summed E-state index contributed by atoms with van der Waals surface area (Å²) in [5.74, 6) is 0. The lowest BCUT2D eigenvalue weighted by atomic mass is 10.1. The lowest BCUT2D eigenvalue weighted by molar-refractivity contribution is 0.655. The summed E-state index contributed by atoms with van der Waals surface area (Å²) >= 11 is 0. The fourth-order valence-corrected chi connectivity index (χ4v) is 12.4. The zero-order chi connectivity index (χ0) is 37.5. The number of nitrogens with zero attached hydrogens (tertiary/aromatic N) is 8. The van der Waals surface area contributed by atoms with Gasteiger partial charge in [0.2, 0.25) is 0 Å². The van der Waals surface area contributed by atoms with E-state index in [1.165, 1.54) is 33.1 Å². The predicted octanol–water partition coefficient (Wildman–Crippen LogP) is 9.07. The van der Waals surface area contributed by atoms with Gasteiger partial charge in [-0.15, -0.1) is 10.2 Å². The van der Waals surface area contributed by atoms with Crippen LogP contribution in [0.1, 0.15) is 11.1 Å². The normalized spacial score (nSPS) is 16.0. The molecular weight excluding hydrogens is 727 g/mol. The van der Waals surface area contributed by atoms with E-state index >= 15 is 0 Å². The highest BCUT2D eigenvalue weighted by Gasteiger charge is 2.28. The lowest BCUT2D eigenvalue weighted by Crippen LogP contribution is -2.38. The van der Waals surface area contributed by atoms with Gasteiger partial charge in [0, 0.05) is 47.6 Å². The van der Waals surface area contributed by atoms with Crippen molar-refractivity contribution in [1.82, 2.24) is 30.0 Å². The predicted molar refractivity (Wildman–Crippen MR) is 232 cm³/mol. The smallest absolute Gasteiger partial charge is 0.0889 e. The van der Waals surface area contributed by atoms with Gasteiger partial charge in [-0.2, -0.15) is 0 Å². The van der Waals surface area contributed by atoms with Crippen molar-refractivity contribution in [3.05, 3.63) is 193 Å². The van der Waals surface area contributed by atoms with Crippen molar-refractivity contribution in [3.63, 3.8) is 0 Å². The largest absolute Gasteiger partial charge is 0.363 e. The van der Waals surface area contributed by atoms with Crippen molar-refractivity contribution in [3.8, 4) is 22.5 Å². The van der Waals surface area contributed by atoms with Gasteiger partial charge in [-0.05, 0) is 61.8 Å². The van der Waals surface area contributed by atoms with Gasteiger partial charge < -0.3 is 9.80 Å². The number of rotatable bonds is 10. The summed E-state index contributed by atoms with van der Waals surface area (Å²) < 4.78 is 3.97. The Hall–Kier alpha value is -5.94. The van der Waals surface area contributed by atoms with Crippen molar-refractivity contribution >= 4 is 37.8 Å². The first-order valence-corrected chi connectivity index (χ1v) is 22.3. The van der Waals surface area contributed by atoms with Gasteiger partial charge in [0.25, 0.3) is 0 Å². The number of aromatic nitrogens is 6. The van der Waals surface area contributed by atoms with Crippen molar-refractivity contribution < 1.29 is 0 Å². The molecule has 9 rings (SSSR count). The van der Waals surface area contributed by atoms with Crippen LogP contribution in [0.3, 0.4) is 0 Å². The van der Waals surface area contributed by atoms with E-state index in [-0.39, 0.29) is 0 Å². The minimum absolute atomic E-state index is 0.565. The summed E-state index contributed by atoms with van der Waals surface area (Å²) in [6, 6.07) is 61.2. The molecule has 0 unspecified atom stereocenters. The number of anilines is 2. The fraction of sp³-hybridized carbons (Fsp3) is 0.130. The van der Waals surface area contributed by atoms with E-state index in [2.05, 4.69) is 188 Å². The number of hydrogen-bond acceptors (Lipinski definition) is 6. The average Bonchev–Trinajstić information content (AvgIpc) is 3.92. The first kappa shape index (κ1) is 35.7. The molecule has 3 heterocycles. The van der Waals surface area contributed by atoms with Crippen LogP contribution in [0.5, 0.6) is 0 Å². The minimum Gasteiger partial charge on any atom is -0.363 e. The second-order valence-electron chi connectivity index (χ2n) is 14.0. The van der Waals surface area contributed by atoms with E-state index in [1.807, 2.05) is 33.9 Å². The Balaban J connectivity index is 1.01. The van der Waals surface area contributed by atoms with Crippen molar-refractivity contribution in [2.45, 2.75) is 13.1 Å². The molecule has 0 saturated carbocycles. The molecule has 1 saturated heterocycles. The standard InChI is InChI=1S/C46H42N8P2/c1-5-13-37(14-6-1)31-53-45(29-47-49-53)39-21-25-41(26-22-39)51-33-55(43-17-9-3-10-18-43)35-52(36-56(34-51)44-19-11-4-12-20-44)42-27-23-40(24-28-42)46-30-48-50-54(46)32-38-15-7-2-8-16-38/h1-30H,31-36H2. The molecule has 8 aromatic rings. The molecule has 1 aliphatic rings. The Morgan fingerprint density at radius 2 is 0.732 bits per heavy atom. The zero-order valence-electron chi connectivity index (χ0n) is 31.0. The summed E-state index contributed by atoms with van der Waals surface area (Å²) in [6.45, 7) is 1.37. The molecule has 0 spiro atoms. The molecule has 276 valence electrons. The molecule has 6 aromatic carbocycles. The van der Waals surface area contributed by atoms with E-state index in [9.17, 15) is 0 Å². The van der Waals surface area contributed by atoms with Gasteiger partial charge in [-0.1, -0.05) is 156 Å². The van der Waals surface area contributed by atoms with Crippen molar-refractivity contribution in [2.75, 3.05) is 34.9 Å². The average molecular weight is 769 g/mol. The highest BCUT2D eigenvalue weighted by Crippen LogP contribution is 2.48. The molecule has 0 aliphatic carbocycles. The molecule has 0 atom stereocenters. The molecule has 0 N–H and O–H groups in total. The highest BCUT2D eigenvalue weighted by atomic mass is 31.1. The van der Waals surface area contributed by atoms with Crippen LogP contribution in [0.15, 0.2) is 182 Å². The van der Waals surface area contributed by atoms with E-state index < -0.39 is 15.8 Å². The van der Waals surface area contributed by atoms with Crippen LogP contribution in [0.4, 0.5) is 11.4 Å². The van der Waals surface area contributed by atoms with Crippen molar-refractivity contribution in [1.29, 1.82) is 0 Å². The van der Waals surface area contributed by atoms with E-state index in [0.717, 1.165) is 47.7 Å². The molecule has 1 aliphatic heterocycles. The molecule has 1 fully saturated rings. The highest BCUT2D eigenvalue weighted by molar-refractivity contribution is 7.67. The van der Waals surface area contributed by atoms with Crippen LogP contribution < -0.4 is 20.4 Å². The second kappa shape index (κ2) is 16.8. The van der Waals surface area contributed by atoms with Gasteiger partial charge in [-0.25, -0.2) is 9.36 Å². The lowest BCUT2D eigenvalue weighted by Gasteiger charge is -2.41. The fourth-order valence-electron chi connectivity index (χ4n) is 7.33. The third kappa shape index (κ3) is 8.18. The Bertz CT molecular complexity index is 2250. The van der Waals surface area contributed by atoms with Crippen LogP contribution in [0.2, 0.25) is 0 Å². The Kier molecular flexibility index (Phi) is 10.7. The Labute approximate surface area is 330 Å². The molecule has 56 heavy (non-hydrogen) atoms. The number of benzene rings is 6. The topological polar surface area (TPSA) is 67.9 Å². The van der Waals surface area contributed by atoms with Crippen LogP contribution in [0, 0.1) is 0 Å². The van der Waals surface area contributed by atoms with E-state index in [0.29, 0.717) is 13.1 Å². The Morgan fingerprint density at radius 1 is 0.393 bits per heavy atom. The maximum Gasteiger partial charge on any atom is 0.0889 e. The zero-order valence-corrected chi connectivity index (χ0v) is 32.8. The third-order valence-corrected chi connectivity index (χ3v) is 15.0. The second-order valence-corrected chi connectivity index (χ2v) is 18.3. The third-order valence-electron chi connectivity index (χ3n) is 10.3. The monoisotopic (exact) mass is 768 g/mol. The summed E-state index contributed by atoms with van der Waals surface area (Å²) in [5.41, 5.74) is 9.18. The van der Waals surface area contributed by atoms with Crippen molar-refractivity contribution in [2.24, 2.45) is 0 Å².